The van der Waals surface area contributed by atoms with E-state index in [0.717, 1.165) is 35.5 Å². The molecule has 0 saturated heterocycles. The Bertz CT molecular complexity index is 564. The number of hydrogen-bond donors (Lipinski definition) is 1. The molecule has 0 unspecified atom stereocenters. The minimum absolute atomic E-state index is 0.0797. The smallest absolute Gasteiger partial charge is 0.264 e. The average molecular weight is 275 g/mol. The molecule has 0 aliphatic carbocycles. The molecule has 0 aliphatic rings. The first-order valence-corrected chi connectivity index (χ1v) is 6.90. The maximum atomic E-state index is 5.95. The Hall–Kier alpha value is -1.88. The Morgan fingerprint density at radius 3 is 2.90 bits per heavy atom. The average Bonchev–Trinajstić information content (AvgIpc) is 2.84. The molecule has 108 valence electrons. The van der Waals surface area contributed by atoms with Crippen LogP contribution in [0.1, 0.15) is 49.2 Å². The SMILES string of the molecule is CCCc1noc(COc2cc(C)ccc2[C@H](C)N)n1. The van der Waals surface area contributed by atoms with Crippen molar-refractivity contribution in [3.05, 3.63) is 41.0 Å². The molecule has 2 aromatic rings. The van der Waals surface area contributed by atoms with E-state index in [1.165, 1.54) is 0 Å². The highest BCUT2D eigenvalue weighted by Gasteiger charge is 2.11. The molecule has 1 aromatic carbocycles. The second-order valence-electron chi connectivity index (χ2n) is 4.97. The number of nitrogens with two attached hydrogens (primary N) is 1. The van der Waals surface area contributed by atoms with E-state index in [4.69, 9.17) is 15.0 Å². The van der Waals surface area contributed by atoms with Crippen LogP contribution in [0.3, 0.4) is 0 Å². The van der Waals surface area contributed by atoms with Crippen molar-refractivity contribution in [1.29, 1.82) is 0 Å². The van der Waals surface area contributed by atoms with Gasteiger partial charge in [-0.3, -0.25) is 0 Å². The van der Waals surface area contributed by atoms with Gasteiger partial charge in [-0.2, -0.15) is 4.98 Å². The van der Waals surface area contributed by atoms with E-state index in [2.05, 4.69) is 17.1 Å². The van der Waals surface area contributed by atoms with Gasteiger partial charge < -0.3 is 15.0 Å². The zero-order valence-corrected chi connectivity index (χ0v) is 12.2. The quantitative estimate of drug-likeness (QED) is 0.877. The van der Waals surface area contributed by atoms with Crippen LogP contribution in [0.15, 0.2) is 22.7 Å². The molecule has 0 aliphatic heterocycles. The molecule has 0 saturated carbocycles. The number of nitrogens with zero attached hydrogens (tertiary/aromatic N) is 2. The van der Waals surface area contributed by atoms with Crippen molar-refractivity contribution < 1.29 is 9.26 Å². The van der Waals surface area contributed by atoms with E-state index in [0.29, 0.717) is 5.89 Å². The van der Waals surface area contributed by atoms with E-state index < -0.39 is 0 Å². The van der Waals surface area contributed by atoms with Crippen LogP contribution in [0.25, 0.3) is 0 Å². The molecule has 0 fully saturated rings. The van der Waals surface area contributed by atoms with Crippen molar-refractivity contribution in [1.82, 2.24) is 10.1 Å². The summed E-state index contributed by atoms with van der Waals surface area (Å²) in [6, 6.07) is 5.91. The van der Waals surface area contributed by atoms with Crippen LogP contribution >= 0.6 is 0 Å². The summed E-state index contributed by atoms with van der Waals surface area (Å²) in [6.45, 7) is 6.29. The highest BCUT2D eigenvalue weighted by atomic mass is 16.5. The van der Waals surface area contributed by atoms with Gasteiger partial charge in [-0.25, -0.2) is 0 Å². The Morgan fingerprint density at radius 1 is 1.40 bits per heavy atom. The van der Waals surface area contributed by atoms with Gasteiger partial charge in [-0.1, -0.05) is 24.2 Å². The number of hydrogen-bond acceptors (Lipinski definition) is 5. The summed E-state index contributed by atoms with van der Waals surface area (Å²) in [4.78, 5) is 4.28. The molecule has 0 radical (unpaired) electrons. The standard InChI is InChI=1S/C15H21N3O2/c1-4-5-14-17-15(20-18-14)9-19-13-8-10(2)6-7-12(13)11(3)16/h6-8,11H,4-5,9,16H2,1-3H3/t11-/m0/s1. The van der Waals surface area contributed by atoms with E-state index in [-0.39, 0.29) is 12.6 Å². The van der Waals surface area contributed by atoms with Crippen molar-refractivity contribution in [2.75, 3.05) is 0 Å². The van der Waals surface area contributed by atoms with Gasteiger partial charge in [0.2, 0.25) is 0 Å². The zero-order chi connectivity index (χ0) is 14.5. The van der Waals surface area contributed by atoms with Crippen molar-refractivity contribution in [2.24, 2.45) is 5.73 Å². The summed E-state index contributed by atoms with van der Waals surface area (Å²) in [7, 11) is 0. The van der Waals surface area contributed by atoms with Crippen LogP contribution in [-0.4, -0.2) is 10.1 Å². The second kappa shape index (κ2) is 6.52. The summed E-state index contributed by atoms with van der Waals surface area (Å²) >= 11 is 0. The molecule has 2 N–H and O–H groups in total. The van der Waals surface area contributed by atoms with E-state index in [9.17, 15) is 0 Å². The number of aromatic nitrogens is 2. The maximum Gasteiger partial charge on any atom is 0.264 e. The highest BCUT2D eigenvalue weighted by Crippen LogP contribution is 2.25. The zero-order valence-electron chi connectivity index (χ0n) is 12.2. The van der Waals surface area contributed by atoms with Crippen molar-refractivity contribution in [2.45, 2.75) is 46.3 Å². The van der Waals surface area contributed by atoms with Gasteiger partial charge in [-0.15, -0.1) is 0 Å². The summed E-state index contributed by atoms with van der Waals surface area (Å²) in [5, 5.41) is 3.90. The summed E-state index contributed by atoms with van der Waals surface area (Å²) in [5.41, 5.74) is 8.05. The normalized spacial score (nSPS) is 12.4. The second-order valence-corrected chi connectivity index (χ2v) is 4.97. The lowest BCUT2D eigenvalue weighted by Gasteiger charge is -2.13. The van der Waals surface area contributed by atoms with Gasteiger partial charge >= 0.3 is 0 Å². The Balaban J connectivity index is 2.07. The topological polar surface area (TPSA) is 74.2 Å². The molecule has 0 spiro atoms. The van der Waals surface area contributed by atoms with Crippen LogP contribution in [0.4, 0.5) is 0 Å². The molecule has 1 aromatic heterocycles. The Labute approximate surface area is 119 Å². The summed E-state index contributed by atoms with van der Waals surface area (Å²) < 4.78 is 10.9. The third-order valence-electron chi connectivity index (χ3n) is 2.99. The molecule has 5 heteroatoms. The molecule has 1 heterocycles. The predicted molar refractivity (Wildman–Crippen MR) is 76.4 cm³/mol. The molecule has 2 rings (SSSR count). The van der Waals surface area contributed by atoms with Crippen molar-refractivity contribution in [3.63, 3.8) is 0 Å². The van der Waals surface area contributed by atoms with Gasteiger partial charge in [0.1, 0.15) is 5.75 Å². The first-order chi connectivity index (χ1) is 9.60. The van der Waals surface area contributed by atoms with Gasteiger partial charge in [0.05, 0.1) is 0 Å². The van der Waals surface area contributed by atoms with Crippen molar-refractivity contribution >= 4 is 0 Å². The summed E-state index contributed by atoms with van der Waals surface area (Å²) in [6.07, 6.45) is 1.81. The fraction of sp³-hybridized carbons (Fsp3) is 0.467. The minimum atomic E-state index is -0.0797. The molecule has 0 bridgehead atoms. The predicted octanol–water partition coefficient (Wildman–Crippen LogP) is 2.93. The number of ether oxygens (including phenoxy) is 1. The molecular formula is C15H21N3O2. The van der Waals surface area contributed by atoms with E-state index >= 15 is 0 Å². The van der Waals surface area contributed by atoms with Crippen LogP contribution in [-0.2, 0) is 13.0 Å². The Morgan fingerprint density at radius 2 is 2.20 bits per heavy atom. The molecule has 0 amide bonds. The molecular weight excluding hydrogens is 254 g/mol. The Kier molecular flexibility index (Phi) is 4.74. The lowest BCUT2D eigenvalue weighted by Crippen LogP contribution is -2.08. The van der Waals surface area contributed by atoms with Gasteiger partial charge in [0.25, 0.3) is 5.89 Å². The van der Waals surface area contributed by atoms with E-state index in [1.54, 1.807) is 0 Å². The number of aryl methyl sites for hydroxylation is 2. The van der Waals surface area contributed by atoms with Gasteiger partial charge in [-0.05, 0) is 31.9 Å². The fourth-order valence-electron chi connectivity index (χ4n) is 1.96. The van der Waals surface area contributed by atoms with Crippen LogP contribution in [0.5, 0.6) is 5.75 Å². The third-order valence-corrected chi connectivity index (χ3v) is 2.99. The minimum Gasteiger partial charge on any atom is -0.483 e. The van der Waals surface area contributed by atoms with E-state index in [1.807, 2.05) is 32.0 Å². The lowest BCUT2D eigenvalue weighted by atomic mass is 10.1. The maximum absolute atomic E-state index is 5.95. The summed E-state index contributed by atoms with van der Waals surface area (Å²) in [5.74, 6) is 1.99. The lowest BCUT2D eigenvalue weighted by molar-refractivity contribution is 0.240. The van der Waals surface area contributed by atoms with Gasteiger partial charge in [0.15, 0.2) is 12.4 Å². The monoisotopic (exact) mass is 275 g/mol. The third kappa shape index (κ3) is 3.57. The van der Waals surface area contributed by atoms with Crippen molar-refractivity contribution in [3.8, 4) is 5.75 Å². The van der Waals surface area contributed by atoms with Gasteiger partial charge in [0, 0.05) is 18.0 Å². The number of benzene rings is 1. The van der Waals surface area contributed by atoms with Crippen LogP contribution in [0, 0.1) is 6.92 Å². The fourth-order valence-corrected chi connectivity index (χ4v) is 1.96. The first-order valence-electron chi connectivity index (χ1n) is 6.90. The molecule has 5 nitrogen and oxygen atoms in total. The highest BCUT2D eigenvalue weighted by molar-refractivity contribution is 5.38. The number of rotatable bonds is 6. The van der Waals surface area contributed by atoms with Crippen LogP contribution in [0.2, 0.25) is 0 Å². The molecule has 1 atom stereocenters. The molecule has 20 heavy (non-hydrogen) atoms. The largest absolute Gasteiger partial charge is 0.483 e. The first kappa shape index (κ1) is 14.5. The van der Waals surface area contributed by atoms with Crippen LogP contribution < -0.4 is 10.5 Å².